The molecule has 0 radical (unpaired) electrons. The Labute approximate surface area is 103 Å². The summed E-state index contributed by atoms with van der Waals surface area (Å²) < 4.78 is 19.9. The van der Waals surface area contributed by atoms with Gasteiger partial charge in [-0.1, -0.05) is 0 Å². The molecule has 1 aromatic carbocycles. The molecule has 7 heteroatoms. The lowest BCUT2D eigenvalue weighted by Crippen LogP contribution is -2.24. The summed E-state index contributed by atoms with van der Waals surface area (Å²) in [5.41, 5.74) is 6.64. The zero-order chi connectivity index (χ0) is 13.3. The molecule has 1 aromatic heterocycles. The van der Waals surface area contributed by atoms with Crippen LogP contribution in [0.5, 0.6) is 5.75 Å². The Hall–Kier alpha value is -2.31. The first-order valence-corrected chi connectivity index (χ1v) is 5.26. The highest BCUT2D eigenvalue weighted by atomic mass is 19.1. The largest absolute Gasteiger partial charge is 0.494 e. The van der Waals surface area contributed by atoms with Gasteiger partial charge in [0.1, 0.15) is 6.54 Å². The number of methoxy groups -OCH3 is 1. The summed E-state index contributed by atoms with van der Waals surface area (Å²) in [6, 6.07) is 2.70. The first-order valence-electron chi connectivity index (χ1n) is 5.26. The second-order valence-corrected chi connectivity index (χ2v) is 3.70. The van der Waals surface area contributed by atoms with Crippen molar-refractivity contribution in [2.24, 2.45) is 0 Å². The Balaban J connectivity index is 2.58. The first-order chi connectivity index (χ1) is 8.56. The van der Waals surface area contributed by atoms with Crippen LogP contribution in [0, 0.1) is 5.82 Å². The van der Waals surface area contributed by atoms with Crippen LogP contribution in [0.4, 0.5) is 10.3 Å². The lowest BCUT2D eigenvalue weighted by Gasteiger charge is -2.06. The van der Waals surface area contributed by atoms with E-state index in [4.69, 9.17) is 10.5 Å². The summed E-state index contributed by atoms with van der Waals surface area (Å²) in [6.07, 6.45) is 0. The molecular weight excluding hydrogens is 239 g/mol. The minimum Gasteiger partial charge on any atom is -0.494 e. The van der Waals surface area contributed by atoms with Crippen molar-refractivity contribution < 1.29 is 13.9 Å². The van der Waals surface area contributed by atoms with E-state index in [-0.39, 0.29) is 24.1 Å². The number of carbonyl (C=O) groups is 1. The van der Waals surface area contributed by atoms with Gasteiger partial charge in [-0.3, -0.25) is 4.79 Å². The van der Waals surface area contributed by atoms with Crippen LogP contribution in [0.15, 0.2) is 12.1 Å². The number of amides is 1. The molecule has 0 aliphatic carbocycles. The predicted octanol–water partition coefficient (Wildman–Crippen LogP) is 0.512. The molecule has 2 rings (SSSR count). The van der Waals surface area contributed by atoms with E-state index in [0.29, 0.717) is 11.0 Å². The van der Waals surface area contributed by atoms with Crippen LogP contribution in [0.2, 0.25) is 0 Å². The van der Waals surface area contributed by atoms with Gasteiger partial charge in [-0.05, 0) is 0 Å². The number of halogens is 1. The number of rotatable bonds is 3. The van der Waals surface area contributed by atoms with Crippen molar-refractivity contribution in [3.05, 3.63) is 17.9 Å². The van der Waals surface area contributed by atoms with Gasteiger partial charge in [0.2, 0.25) is 11.9 Å². The fourth-order valence-electron chi connectivity index (χ4n) is 1.69. The van der Waals surface area contributed by atoms with Gasteiger partial charge in [0.25, 0.3) is 0 Å². The van der Waals surface area contributed by atoms with Gasteiger partial charge in [0.05, 0.1) is 18.1 Å². The fraction of sp³-hybridized carbons (Fsp3) is 0.273. The van der Waals surface area contributed by atoms with Gasteiger partial charge in [0.15, 0.2) is 11.6 Å². The molecule has 6 nitrogen and oxygen atoms in total. The number of nitrogens with two attached hydrogens (primary N) is 1. The third-order valence-corrected chi connectivity index (χ3v) is 2.63. The van der Waals surface area contributed by atoms with E-state index < -0.39 is 5.82 Å². The average Bonchev–Trinajstić information content (AvgIpc) is 2.64. The second-order valence-electron chi connectivity index (χ2n) is 3.70. The lowest BCUT2D eigenvalue weighted by atomic mass is 10.3. The SMILES string of the molecule is CNC(=O)Cn1c(N)nc2cc(F)c(OC)cc21. The molecule has 0 atom stereocenters. The molecule has 0 fully saturated rings. The quantitative estimate of drug-likeness (QED) is 0.834. The third-order valence-electron chi connectivity index (χ3n) is 2.63. The molecular formula is C11H13FN4O2. The number of nitrogens with zero attached hydrogens (tertiary/aromatic N) is 2. The number of fused-ring (bicyclic) bond motifs is 1. The minimum absolute atomic E-state index is 0.0214. The Morgan fingerprint density at radius 3 is 2.94 bits per heavy atom. The summed E-state index contributed by atoms with van der Waals surface area (Å²) in [5, 5.41) is 2.49. The van der Waals surface area contributed by atoms with Crippen molar-refractivity contribution in [2.75, 3.05) is 19.9 Å². The van der Waals surface area contributed by atoms with Gasteiger partial charge < -0.3 is 20.4 Å². The van der Waals surface area contributed by atoms with Crippen LogP contribution in [-0.2, 0) is 11.3 Å². The molecule has 1 heterocycles. The molecule has 18 heavy (non-hydrogen) atoms. The van der Waals surface area contributed by atoms with Crippen molar-refractivity contribution in [2.45, 2.75) is 6.54 Å². The van der Waals surface area contributed by atoms with Crippen molar-refractivity contribution in [3.8, 4) is 5.75 Å². The molecule has 0 bridgehead atoms. The summed E-state index contributed by atoms with van der Waals surface area (Å²) in [4.78, 5) is 15.4. The normalized spacial score (nSPS) is 10.6. The smallest absolute Gasteiger partial charge is 0.239 e. The van der Waals surface area contributed by atoms with E-state index >= 15 is 0 Å². The standard InChI is InChI=1S/C11H13FN4O2/c1-14-10(17)5-16-8-4-9(18-2)6(12)3-7(8)15-11(16)13/h3-4H,5H2,1-2H3,(H2,13,15)(H,14,17). The van der Waals surface area contributed by atoms with Crippen molar-refractivity contribution in [1.29, 1.82) is 0 Å². The Bertz CT molecular complexity index is 609. The summed E-state index contributed by atoms with van der Waals surface area (Å²) in [5.74, 6) is -0.499. The Morgan fingerprint density at radius 1 is 1.61 bits per heavy atom. The number of likely N-dealkylation sites (N-methyl/N-ethyl adjacent to an activating group) is 1. The number of imidazole rings is 1. The number of nitrogens with one attached hydrogen (secondary N) is 1. The molecule has 0 spiro atoms. The number of carbonyl (C=O) groups excluding carboxylic acids is 1. The van der Waals surface area contributed by atoms with E-state index in [1.54, 1.807) is 0 Å². The van der Waals surface area contributed by atoms with Crippen LogP contribution in [-0.4, -0.2) is 29.6 Å². The topological polar surface area (TPSA) is 82.2 Å². The van der Waals surface area contributed by atoms with Crippen molar-refractivity contribution >= 4 is 22.9 Å². The van der Waals surface area contributed by atoms with Gasteiger partial charge >= 0.3 is 0 Å². The van der Waals surface area contributed by atoms with Gasteiger partial charge in [0, 0.05) is 19.2 Å². The minimum atomic E-state index is -0.519. The Morgan fingerprint density at radius 2 is 2.33 bits per heavy atom. The summed E-state index contributed by atoms with van der Waals surface area (Å²) >= 11 is 0. The molecule has 96 valence electrons. The van der Waals surface area contributed by atoms with E-state index in [9.17, 15) is 9.18 Å². The van der Waals surface area contributed by atoms with E-state index in [0.717, 1.165) is 0 Å². The fourth-order valence-corrected chi connectivity index (χ4v) is 1.69. The maximum absolute atomic E-state index is 13.5. The van der Waals surface area contributed by atoms with E-state index in [1.165, 1.54) is 30.9 Å². The van der Waals surface area contributed by atoms with Crippen LogP contribution in [0.25, 0.3) is 11.0 Å². The van der Waals surface area contributed by atoms with Crippen LogP contribution in [0.3, 0.4) is 0 Å². The number of aromatic nitrogens is 2. The molecule has 2 aromatic rings. The lowest BCUT2D eigenvalue weighted by molar-refractivity contribution is -0.121. The van der Waals surface area contributed by atoms with Crippen molar-refractivity contribution in [3.63, 3.8) is 0 Å². The second kappa shape index (κ2) is 4.52. The van der Waals surface area contributed by atoms with Gasteiger partial charge in [-0.25, -0.2) is 9.37 Å². The molecule has 0 saturated carbocycles. The van der Waals surface area contributed by atoms with Gasteiger partial charge in [-0.2, -0.15) is 0 Å². The first kappa shape index (κ1) is 12.2. The highest BCUT2D eigenvalue weighted by molar-refractivity contribution is 5.83. The monoisotopic (exact) mass is 252 g/mol. The van der Waals surface area contributed by atoms with Crippen LogP contribution < -0.4 is 15.8 Å². The highest BCUT2D eigenvalue weighted by Gasteiger charge is 2.14. The molecule has 0 saturated heterocycles. The molecule has 0 unspecified atom stereocenters. The maximum Gasteiger partial charge on any atom is 0.239 e. The number of hydrogen-bond donors (Lipinski definition) is 2. The number of benzene rings is 1. The maximum atomic E-state index is 13.5. The highest BCUT2D eigenvalue weighted by Crippen LogP contribution is 2.26. The Kier molecular flexibility index (Phi) is 3.05. The zero-order valence-electron chi connectivity index (χ0n) is 10.0. The number of hydrogen-bond acceptors (Lipinski definition) is 4. The van der Waals surface area contributed by atoms with Crippen LogP contribution in [0.1, 0.15) is 0 Å². The third kappa shape index (κ3) is 1.94. The molecule has 3 N–H and O–H groups in total. The molecule has 1 amide bonds. The van der Waals surface area contributed by atoms with Crippen LogP contribution >= 0.6 is 0 Å². The zero-order valence-corrected chi connectivity index (χ0v) is 10.0. The molecule has 0 aliphatic heterocycles. The van der Waals surface area contributed by atoms with E-state index in [2.05, 4.69) is 10.3 Å². The predicted molar refractivity (Wildman–Crippen MR) is 64.7 cm³/mol. The van der Waals surface area contributed by atoms with E-state index in [1.807, 2.05) is 0 Å². The van der Waals surface area contributed by atoms with Gasteiger partial charge in [-0.15, -0.1) is 0 Å². The molecule has 0 aliphatic rings. The summed E-state index contributed by atoms with van der Waals surface area (Å²) in [6.45, 7) is 0.0214. The summed E-state index contributed by atoms with van der Waals surface area (Å²) in [7, 11) is 2.89. The average molecular weight is 252 g/mol. The number of ether oxygens (including phenoxy) is 1. The number of anilines is 1. The van der Waals surface area contributed by atoms with Crippen molar-refractivity contribution in [1.82, 2.24) is 14.9 Å². The number of nitrogen functional groups attached to an aromatic ring is 1.